The predicted octanol–water partition coefficient (Wildman–Crippen LogP) is 1.98. The molecule has 138 valence electrons. The molecule has 0 saturated heterocycles. The van der Waals surface area contributed by atoms with Gasteiger partial charge in [0.15, 0.2) is 5.82 Å². The zero-order valence-corrected chi connectivity index (χ0v) is 15.2. The maximum atomic E-state index is 12.9. The number of carbonyl (C=O) groups excluding carboxylic acids is 1. The van der Waals surface area contributed by atoms with Crippen LogP contribution in [-0.4, -0.2) is 46.3 Å². The van der Waals surface area contributed by atoms with Gasteiger partial charge in [0.2, 0.25) is 0 Å². The number of amides is 1. The van der Waals surface area contributed by atoms with E-state index in [4.69, 9.17) is 4.74 Å². The van der Waals surface area contributed by atoms with Crippen molar-refractivity contribution < 1.29 is 9.53 Å². The van der Waals surface area contributed by atoms with Gasteiger partial charge < -0.3 is 9.64 Å². The molecule has 8 heteroatoms. The smallest absolute Gasteiger partial charge is 0.277 e. The highest BCUT2D eigenvalue weighted by atomic mass is 16.5. The normalized spacial score (nSPS) is 13.4. The maximum absolute atomic E-state index is 12.9. The predicted molar refractivity (Wildman–Crippen MR) is 101 cm³/mol. The fourth-order valence-corrected chi connectivity index (χ4v) is 2.90. The zero-order valence-electron chi connectivity index (χ0n) is 15.2. The minimum Gasteiger partial charge on any atom is -0.487 e. The van der Waals surface area contributed by atoms with Crippen LogP contribution in [0.3, 0.4) is 0 Å². The van der Waals surface area contributed by atoms with Crippen LogP contribution in [0.25, 0.3) is 0 Å². The van der Waals surface area contributed by atoms with Crippen LogP contribution < -0.4 is 14.5 Å². The van der Waals surface area contributed by atoms with Gasteiger partial charge in [0.1, 0.15) is 29.6 Å². The summed E-state index contributed by atoms with van der Waals surface area (Å²) in [7, 11) is 3.78. The Hall–Kier alpha value is -3.42. The van der Waals surface area contributed by atoms with E-state index in [-0.39, 0.29) is 5.91 Å². The lowest BCUT2D eigenvalue weighted by Crippen LogP contribution is -2.41. The quantitative estimate of drug-likeness (QED) is 0.689. The van der Waals surface area contributed by atoms with Gasteiger partial charge in [0, 0.05) is 20.6 Å². The van der Waals surface area contributed by atoms with Gasteiger partial charge in [-0.2, -0.15) is 5.10 Å². The Morgan fingerprint density at radius 3 is 2.74 bits per heavy atom. The van der Waals surface area contributed by atoms with Crippen molar-refractivity contribution in [3.05, 3.63) is 60.2 Å². The average molecular weight is 364 g/mol. The van der Waals surface area contributed by atoms with E-state index in [1.165, 1.54) is 0 Å². The Bertz CT molecular complexity index is 954. The van der Waals surface area contributed by atoms with Gasteiger partial charge in [0.05, 0.1) is 18.9 Å². The van der Waals surface area contributed by atoms with E-state index < -0.39 is 0 Å². The Labute approximate surface area is 157 Å². The topological polar surface area (TPSA) is 76.4 Å². The number of rotatable bonds is 5. The lowest BCUT2D eigenvalue weighted by Gasteiger charge is -2.26. The first-order valence-corrected chi connectivity index (χ1v) is 8.67. The van der Waals surface area contributed by atoms with Crippen LogP contribution >= 0.6 is 0 Å². The minimum atomic E-state index is -0.134. The van der Waals surface area contributed by atoms with E-state index in [0.29, 0.717) is 37.0 Å². The third-order valence-corrected chi connectivity index (χ3v) is 4.30. The second kappa shape index (κ2) is 7.06. The lowest BCUT2D eigenvalue weighted by atomic mass is 10.2. The summed E-state index contributed by atoms with van der Waals surface area (Å²) in [5.74, 6) is 1.88. The minimum absolute atomic E-state index is 0.134. The van der Waals surface area contributed by atoms with E-state index in [9.17, 15) is 4.79 Å². The molecule has 0 spiro atoms. The van der Waals surface area contributed by atoms with Crippen LogP contribution in [0.15, 0.2) is 48.8 Å². The van der Waals surface area contributed by atoms with Gasteiger partial charge in [-0.25, -0.2) is 4.98 Å². The fourth-order valence-electron chi connectivity index (χ4n) is 2.90. The van der Waals surface area contributed by atoms with Crippen LogP contribution in [0.4, 0.5) is 11.6 Å². The summed E-state index contributed by atoms with van der Waals surface area (Å²) >= 11 is 0. The van der Waals surface area contributed by atoms with Crippen LogP contribution in [0.5, 0.6) is 5.75 Å². The molecule has 3 heterocycles. The largest absolute Gasteiger partial charge is 0.487 e. The molecule has 27 heavy (non-hydrogen) atoms. The molecule has 0 saturated carbocycles. The van der Waals surface area contributed by atoms with Crippen molar-refractivity contribution in [3.8, 4) is 5.75 Å². The molecule has 1 aliphatic rings. The SMILES string of the molecule is CN(C)c1cncc(N2CCn3nc(COc4ccccc4)cc3C2=O)n1. The fraction of sp³-hybridized carbons (Fsp3) is 0.263. The summed E-state index contributed by atoms with van der Waals surface area (Å²) in [6.45, 7) is 1.41. The van der Waals surface area contributed by atoms with Crippen molar-refractivity contribution in [1.82, 2.24) is 19.7 Å². The van der Waals surface area contributed by atoms with Crippen molar-refractivity contribution in [3.63, 3.8) is 0 Å². The number of anilines is 2. The Morgan fingerprint density at radius 2 is 1.96 bits per heavy atom. The van der Waals surface area contributed by atoms with Gasteiger partial charge >= 0.3 is 0 Å². The Kier molecular flexibility index (Phi) is 4.45. The summed E-state index contributed by atoms with van der Waals surface area (Å²) in [6.07, 6.45) is 3.28. The molecule has 8 nitrogen and oxygen atoms in total. The lowest BCUT2D eigenvalue weighted by molar-refractivity contribution is 0.0961. The standard InChI is InChI=1S/C19H20N6O2/c1-23(2)17-11-20-12-18(21-17)24-8-9-25-16(19(24)26)10-14(22-25)13-27-15-6-4-3-5-7-15/h3-7,10-12H,8-9,13H2,1-2H3. The number of carbonyl (C=O) groups is 1. The van der Waals surface area contributed by atoms with Crippen LogP contribution in [0.2, 0.25) is 0 Å². The third-order valence-electron chi connectivity index (χ3n) is 4.30. The number of hydrogen-bond donors (Lipinski definition) is 0. The number of aromatic nitrogens is 4. The molecule has 0 atom stereocenters. The van der Waals surface area contributed by atoms with Gasteiger partial charge in [-0.15, -0.1) is 0 Å². The van der Waals surface area contributed by atoms with E-state index >= 15 is 0 Å². The molecule has 1 aliphatic heterocycles. The molecule has 3 aromatic rings. The summed E-state index contributed by atoms with van der Waals surface area (Å²) < 4.78 is 7.46. The van der Waals surface area contributed by atoms with E-state index in [1.54, 1.807) is 28.0 Å². The third kappa shape index (κ3) is 3.46. The highest BCUT2D eigenvalue weighted by Gasteiger charge is 2.28. The van der Waals surface area contributed by atoms with Gasteiger partial charge in [-0.1, -0.05) is 18.2 Å². The molecule has 2 aromatic heterocycles. The molecule has 1 amide bonds. The number of fused-ring (bicyclic) bond motifs is 1. The first kappa shape index (κ1) is 17.0. The molecular weight excluding hydrogens is 344 g/mol. The Morgan fingerprint density at radius 1 is 1.15 bits per heavy atom. The Balaban J connectivity index is 1.52. The number of para-hydroxylation sites is 1. The van der Waals surface area contributed by atoms with Crippen LogP contribution in [0.1, 0.15) is 16.2 Å². The average Bonchev–Trinajstić information content (AvgIpc) is 3.12. The molecule has 4 rings (SSSR count). The molecule has 0 unspecified atom stereocenters. The molecule has 0 N–H and O–H groups in total. The maximum Gasteiger partial charge on any atom is 0.277 e. The number of ether oxygens (including phenoxy) is 1. The molecule has 0 fully saturated rings. The summed E-state index contributed by atoms with van der Waals surface area (Å²) in [4.78, 5) is 25.1. The molecule has 1 aromatic carbocycles. The monoisotopic (exact) mass is 364 g/mol. The van der Waals surface area contributed by atoms with E-state index in [0.717, 1.165) is 11.4 Å². The van der Waals surface area contributed by atoms with Crippen molar-refractivity contribution >= 4 is 17.5 Å². The van der Waals surface area contributed by atoms with Crippen molar-refractivity contribution in [2.45, 2.75) is 13.2 Å². The van der Waals surface area contributed by atoms with Crippen molar-refractivity contribution in [2.24, 2.45) is 0 Å². The van der Waals surface area contributed by atoms with Crippen molar-refractivity contribution in [1.29, 1.82) is 0 Å². The van der Waals surface area contributed by atoms with Crippen LogP contribution in [0, 0.1) is 0 Å². The number of benzene rings is 1. The van der Waals surface area contributed by atoms with E-state index in [2.05, 4.69) is 15.1 Å². The summed E-state index contributed by atoms with van der Waals surface area (Å²) in [5.41, 5.74) is 1.25. The number of hydrogen-bond acceptors (Lipinski definition) is 6. The van der Waals surface area contributed by atoms with Gasteiger partial charge in [-0.05, 0) is 18.2 Å². The van der Waals surface area contributed by atoms with E-state index in [1.807, 2.05) is 49.3 Å². The molecule has 0 aliphatic carbocycles. The van der Waals surface area contributed by atoms with Crippen molar-refractivity contribution in [2.75, 3.05) is 30.4 Å². The van der Waals surface area contributed by atoms with Crippen LogP contribution in [-0.2, 0) is 13.2 Å². The molecule has 0 radical (unpaired) electrons. The second-order valence-electron chi connectivity index (χ2n) is 6.43. The first-order valence-electron chi connectivity index (χ1n) is 8.67. The first-order chi connectivity index (χ1) is 13.1. The summed E-state index contributed by atoms with van der Waals surface area (Å²) in [5, 5.41) is 4.49. The highest BCUT2D eigenvalue weighted by Crippen LogP contribution is 2.21. The second-order valence-corrected chi connectivity index (χ2v) is 6.43. The number of nitrogens with zero attached hydrogens (tertiary/aromatic N) is 6. The van der Waals surface area contributed by atoms with Gasteiger partial charge in [-0.3, -0.25) is 19.4 Å². The molecular formula is C19H20N6O2. The zero-order chi connectivity index (χ0) is 18.8. The highest BCUT2D eigenvalue weighted by molar-refractivity contribution is 6.05. The van der Waals surface area contributed by atoms with Gasteiger partial charge in [0.25, 0.3) is 5.91 Å². The summed E-state index contributed by atoms with van der Waals surface area (Å²) in [6, 6.07) is 11.3. The molecule has 0 bridgehead atoms.